The van der Waals surface area contributed by atoms with Crippen molar-refractivity contribution < 1.29 is 0 Å². The summed E-state index contributed by atoms with van der Waals surface area (Å²) < 4.78 is 0. The van der Waals surface area contributed by atoms with Crippen molar-refractivity contribution in [1.82, 2.24) is 10.3 Å². The second kappa shape index (κ2) is 5.23. The molecule has 2 nitrogen and oxygen atoms in total. The minimum atomic E-state index is 0.279. The molecule has 1 aliphatic heterocycles. The van der Waals surface area contributed by atoms with Gasteiger partial charge in [0.25, 0.3) is 0 Å². The lowest BCUT2D eigenvalue weighted by Crippen LogP contribution is -2.57. The molecule has 0 saturated carbocycles. The molecule has 4 heteroatoms. The van der Waals surface area contributed by atoms with E-state index in [4.69, 9.17) is 11.6 Å². The topological polar surface area (TPSA) is 24.9 Å². The minimum Gasteiger partial charge on any atom is -0.315 e. The van der Waals surface area contributed by atoms with Gasteiger partial charge in [-0.2, -0.15) is 0 Å². The molecule has 1 fully saturated rings. The van der Waals surface area contributed by atoms with Gasteiger partial charge in [-0.1, -0.05) is 23.7 Å². The molecule has 100 valence electrons. The first-order chi connectivity index (χ1) is 9.20. The number of aryl methyl sites for hydroxylation is 2. The summed E-state index contributed by atoms with van der Waals surface area (Å²) in [5, 5.41) is 4.22. The third kappa shape index (κ3) is 2.55. The maximum Gasteiger partial charge on any atom is 0.0797 e. The Labute approximate surface area is 122 Å². The molecule has 1 aromatic heterocycles. The van der Waals surface area contributed by atoms with E-state index >= 15 is 0 Å². The molecule has 1 aliphatic rings. The lowest BCUT2D eigenvalue weighted by atomic mass is 9.72. The molecule has 0 atom stereocenters. The van der Waals surface area contributed by atoms with E-state index in [1.165, 1.54) is 22.6 Å². The van der Waals surface area contributed by atoms with Crippen LogP contribution in [0.1, 0.15) is 22.6 Å². The Kier molecular flexibility index (Phi) is 3.61. The van der Waals surface area contributed by atoms with E-state index < -0.39 is 0 Å². The van der Waals surface area contributed by atoms with Crippen LogP contribution in [0.5, 0.6) is 0 Å². The fourth-order valence-corrected chi connectivity index (χ4v) is 3.58. The van der Waals surface area contributed by atoms with E-state index in [2.05, 4.69) is 29.4 Å². The zero-order valence-corrected chi connectivity index (χ0v) is 12.5. The molecule has 0 amide bonds. The standard InChI is InChI=1S/C15H17ClN2S/c1-11-14(19-10-18-11)6-7-15(8-17-9-15)12-2-4-13(16)5-3-12/h2-5,10,17H,6-9H2,1H3. The summed E-state index contributed by atoms with van der Waals surface area (Å²) in [6.07, 6.45) is 2.28. The zero-order valence-electron chi connectivity index (χ0n) is 10.9. The number of benzene rings is 1. The van der Waals surface area contributed by atoms with Crippen LogP contribution in [0.3, 0.4) is 0 Å². The first kappa shape index (κ1) is 13.1. The van der Waals surface area contributed by atoms with Crippen molar-refractivity contribution in [3.05, 3.63) is 50.9 Å². The summed E-state index contributed by atoms with van der Waals surface area (Å²) in [5.41, 5.74) is 4.81. The second-order valence-corrected chi connectivity index (χ2v) is 6.63. The van der Waals surface area contributed by atoms with Crippen LogP contribution in [0, 0.1) is 6.92 Å². The van der Waals surface area contributed by atoms with Gasteiger partial charge in [0.15, 0.2) is 0 Å². The highest BCUT2D eigenvalue weighted by atomic mass is 35.5. The minimum absolute atomic E-state index is 0.279. The molecule has 0 radical (unpaired) electrons. The molecular formula is C15H17ClN2S. The molecule has 3 rings (SSSR count). The number of thiazole rings is 1. The Balaban J connectivity index is 1.76. The maximum absolute atomic E-state index is 5.98. The Morgan fingerprint density at radius 3 is 2.58 bits per heavy atom. The van der Waals surface area contributed by atoms with E-state index in [0.717, 1.165) is 24.5 Å². The number of hydrogen-bond acceptors (Lipinski definition) is 3. The highest BCUT2D eigenvalue weighted by Crippen LogP contribution is 2.34. The van der Waals surface area contributed by atoms with E-state index in [-0.39, 0.29) is 5.41 Å². The third-order valence-electron chi connectivity index (χ3n) is 4.06. The smallest absolute Gasteiger partial charge is 0.0797 e. The van der Waals surface area contributed by atoms with E-state index in [1.807, 2.05) is 17.6 Å². The average Bonchev–Trinajstić information content (AvgIpc) is 2.76. The van der Waals surface area contributed by atoms with Crippen LogP contribution < -0.4 is 5.32 Å². The SMILES string of the molecule is Cc1ncsc1CCC1(c2ccc(Cl)cc2)CNC1. The van der Waals surface area contributed by atoms with Gasteiger partial charge in [-0.15, -0.1) is 11.3 Å². The zero-order chi connectivity index (χ0) is 13.3. The molecule has 1 aromatic carbocycles. The van der Waals surface area contributed by atoms with E-state index in [0.29, 0.717) is 0 Å². The maximum atomic E-state index is 5.98. The third-order valence-corrected chi connectivity index (χ3v) is 5.31. The Bertz CT molecular complexity index is 558. The monoisotopic (exact) mass is 292 g/mol. The summed E-state index contributed by atoms with van der Waals surface area (Å²) in [6.45, 7) is 4.22. The van der Waals surface area contributed by atoms with Crippen LogP contribution in [0.25, 0.3) is 0 Å². The molecule has 0 aliphatic carbocycles. The Morgan fingerprint density at radius 2 is 2.05 bits per heavy atom. The first-order valence-electron chi connectivity index (χ1n) is 6.55. The number of nitrogens with zero attached hydrogens (tertiary/aromatic N) is 1. The highest BCUT2D eigenvalue weighted by Gasteiger charge is 2.38. The van der Waals surface area contributed by atoms with Crippen molar-refractivity contribution in [3.8, 4) is 0 Å². The summed E-state index contributed by atoms with van der Waals surface area (Å²) in [4.78, 5) is 5.75. The summed E-state index contributed by atoms with van der Waals surface area (Å²) in [7, 11) is 0. The molecule has 2 aromatic rings. The van der Waals surface area contributed by atoms with Crippen molar-refractivity contribution in [1.29, 1.82) is 0 Å². The molecule has 0 spiro atoms. The average molecular weight is 293 g/mol. The van der Waals surface area contributed by atoms with Crippen LogP contribution >= 0.6 is 22.9 Å². The van der Waals surface area contributed by atoms with Gasteiger partial charge >= 0.3 is 0 Å². The van der Waals surface area contributed by atoms with Crippen LogP contribution in [0.2, 0.25) is 5.02 Å². The van der Waals surface area contributed by atoms with Gasteiger partial charge in [0.05, 0.1) is 11.2 Å². The molecule has 1 N–H and O–H groups in total. The van der Waals surface area contributed by atoms with Gasteiger partial charge in [0, 0.05) is 28.4 Å². The van der Waals surface area contributed by atoms with Crippen molar-refractivity contribution in [2.45, 2.75) is 25.2 Å². The quantitative estimate of drug-likeness (QED) is 0.932. The van der Waals surface area contributed by atoms with Crippen molar-refractivity contribution in [3.63, 3.8) is 0 Å². The van der Waals surface area contributed by atoms with E-state index in [9.17, 15) is 0 Å². The first-order valence-corrected chi connectivity index (χ1v) is 7.81. The normalized spacial score (nSPS) is 17.2. The fraction of sp³-hybridized carbons (Fsp3) is 0.400. The van der Waals surface area contributed by atoms with Gasteiger partial charge in [0.1, 0.15) is 0 Å². The Morgan fingerprint density at radius 1 is 1.32 bits per heavy atom. The Hall–Kier alpha value is -0.900. The largest absolute Gasteiger partial charge is 0.315 e. The number of aromatic nitrogens is 1. The number of rotatable bonds is 4. The van der Waals surface area contributed by atoms with Gasteiger partial charge in [-0.25, -0.2) is 4.98 Å². The fourth-order valence-electron chi connectivity index (χ4n) is 2.67. The second-order valence-electron chi connectivity index (χ2n) is 5.25. The highest BCUT2D eigenvalue weighted by molar-refractivity contribution is 7.09. The van der Waals surface area contributed by atoms with Gasteiger partial charge in [0.2, 0.25) is 0 Å². The lowest BCUT2D eigenvalue weighted by Gasteiger charge is -2.43. The van der Waals surface area contributed by atoms with Gasteiger partial charge < -0.3 is 5.32 Å². The number of hydrogen-bond donors (Lipinski definition) is 1. The summed E-state index contributed by atoms with van der Waals surface area (Å²) in [6, 6.07) is 8.33. The van der Waals surface area contributed by atoms with E-state index in [1.54, 1.807) is 11.3 Å². The lowest BCUT2D eigenvalue weighted by molar-refractivity contribution is 0.258. The molecule has 0 bridgehead atoms. The van der Waals surface area contributed by atoms with Crippen LogP contribution in [0.4, 0.5) is 0 Å². The van der Waals surface area contributed by atoms with Crippen molar-refractivity contribution in [2.24, 2.45) is 0 Å². The number of nitrogens with one attached hydrogen (secondary N) is 1. The van der Waals surface area contributed by atoms with Gasteiger partial charge in [-0.05, 0) is 37.5 Å². The molecule has 2 heterocycles. The van der Waals surface area contributed by atoms with Crippen LogP contribution in [-0.4, -0.2) is 18.1 Å². The molecular weight excluding hydrogens is 276 g/mol. The van der Waals surface area contributed by atoms with Crippen LogP contribution in [0.15, 0.2) is 29.8 Å². The predicted octanol–water partition coefficient (Wildman–Crippen LogP) is 3.58. The molecule has 19 heavy (non-hydrogen) atoms. The summed E-state index contributed by atoms with van der Waals surface area (Å²) in [5.74, 6) is 0. The van der Waals surface area contributed by atoms with Gasteiger partial charge in [-0.3, -0.25) is 0 Å². The number of halogens is 1. The predicted molar refractivity (Wildman–Crippen MR) is 81.2 cm³/mol. The van der Waals surface area contributed by atoms with Crippen molar-refractivity contribution >= 4 is 22.9 Å². The molecule has 0 unspecified atom stereocenters. The summed E-state index contributed by atoms with van der Waals surface area (Å²) >= 11 is 7.75. The van der Waals surface area contributed by atoms with Crippen molar-refractivity contribution in [2.75, 3.05) is 13.1 Å². The molecule has 1 saturated heterocycles. The van der Waals surface area contributed by atoms with Crippen LogP contribution in [-0.2, 0) is 11.8 Å².